The molecule has 10 nitrogen and oxygen atoms in total. The summed E-state index contributed by atoms with van der Waals surface area (Å²) >= 11 is 2.33. The number of carbonyl (C=O) groups is 2. The van der Waals surface area contributed by atoms with Crippen LogP contribution in [0, 0.1) is 11.6 Å². The molecular weight excluding hydrogens is 596 g/mol. The van der Waals surface area contributed by atoms with E-state index < -0.39 is 17.5 Å². The van der Waals surface area contributed by atoms with Crippen LogP contribution < -0.4 is 26.4 Å². The zero-order chi connectivity index (χ0) is 30.3. The monoisotopic (exact) mass is 627 g/mol. The van der Waals surface area contributed by atoms with Gasteiger partial charge in [0.15, 0.2) is 5.13 Å². The van der Waals surface area contributed by atoms with Gasteiger partial charge in [0.25, 0.3) is 5.91 Å². The molecule has 1 fully saturated rings. The van der Waals surface area contributed by atoms with E-state index in [0.29, 0.717) is 33.4 Å². The standard InChI is InChI=1S/C29H31F2N7O3S2/c1-41-18-8-5-7-17(13-18)26(39)34-22-14-19(20(30)15-21(22)31)23-16-42-27(35-23)24-25(32)36-29(43-24)37-28(40)33-9-6-12-38-10-3-2-4-11-38/h5,7-8,13-16H,2-4,6,9-12,32H2,1H3,(H,34,39)(H2,33,36,37,40). The zero-order valence-electron chi connectivity index (χ0n) is 23.4. The van der Waals surface area contributed by atoms with Gasteiger partial charge in [0.1, 0.15) is 33.1 Å². The summed E-state index contributed by atoms with van der Waals surface area (Å²) in [6, 6.07) is 7.88. The van der Waals surface area contributed by atoms with Gasteiger partial charge >= 0.3 is 6.03 Å². The highest BCUT2D eigenvalue weighted by molar-refractivity contribution is 7.23. The van der Waals surface area contributed by atoms with Crippen molar-refractivity contribution in [3.05, 3.63) is 59.0 Å². The number of anilines is 3. The molecule has 0 aliphatic carbocycles. The van der Waals surface area contributed by atoms with E-state index >= 15 is 0 Å². The van der Waals surface area contributed by atoms with Crippen LogP contribution in [0.3, 0.4) is 0 Å². The van der Waals surface area contributed by atoms with Gasteiger partial charge in [-0.25, -0.2) is 23.5 Å². The van der Waals surface area contributed by atoms with Gasteiger partial charge in [0.2, 0.25) is 0 Å². The Kier molecular flexibility index (Phi) is 9.79. The Morgan fingerprint density at radius 3 is 2.67 bits per heavy atom. The summed E-state index contributed by atoms with van der Waals surface area (Å²) in [6.07, 6.45) is 4.60. The van der Waals surface area contributed by atoms with Gasteiger partial charge in [0, 0.05) is 29.1 Å². The number of thiazole rings is 2. The molecule has 1 aliphatic heterocycles. The number of amides is 3. The second-order valence-electron chi connectivity index (χ2n) is 9.91. The number of urea groups is 1. The van der Waals surface area contributed by atoms with E-state index in [1.54, 1.807) is 23.6 Å². The summed E-state index contributed by atoms with van der Waals surface area (Å²) in [5.41, 5.74) is 6.38. The van der Waals surface area contributed by atoms with Crippen LogP contribution in [0.25, 0.3) is 21.1 Å². The van der Waals surface area contributed by atoms with Crippen LogP contribution >= 0.6 is 22.7 Å². The highest BCUT2D eigenvalue weighted by atomic mass is 32.1. The number of hydrogen-bond donors (Lipinski definition) is 4. The summed E-state index contributed by atoms with van der Waals surface area (Å²) in [6.45, 7) is 3.71. The Bertz CT molecular complexity index is 1600. The number of rotatable bonds is 10. The van der Waals surface area contributed by atoms with Crippen LogP contribution in [0.5, 0.6) is 5.75 Å². The molecule has 0 unspecified atom stereocenters. The number of likely N-dealkylation sites (tertiary alicyclic amines) is 1. The van der Waals surface area contributed by atoms with Crippen LogP contribution in [0.15, 0.2) is 41.8 Å². The molecule has 2 aromatic heterocycles. The van der Waals surface area contributed by atoms with Crippen molar-refractivity contribution in [2.45, 2.75) is 25.7 Å². The van der Waals surface area contributed by atoms with Crippen molar-refractivity contribution >= 4 is 51.2 Å². The molecule has 0 saturated carbocycles. The predicted octanol–water partition coefficient (Wildman–Crippen LogP) is 6.05. The number of halogens is 2. The van der Waals surface area contributed by atoms with Crippen molar-refractivity contribution in [2.75, 3.05) is 49.7 Å². The van der Waals surface area contributed by atoms with Crippen LogP contribution in [-0.4, -0.2) is 60.1 Å². The highest BCUT2D eigenvalue weighted by Gasteiger charge is 2.20. The van der Waals surface area contributed by atoms with Gasteiger partial charge in [-0.1, -0.05) is 23.8 Å². The molecule has 1 aliphatic rings. The lowest BCUT2D eigenvalue weighted by atomic mass is 10.1. The lowest BCUT2D eigenvalue weighted by molar-refractivity contribution is 0.102. The van der Waals surface area contributed by atoms with Gasteiger partial charge in [-0.2, -0.15) is 0 Å². The Morgan fingerprint density at radius 2 is 1.88 bits per heavy atom. The number of piperidine rings is 1. The number of nitrogens with one attached hydrogen (secondary N) is 3. The minimum atomic E-state index is -0.930. The molecule has 43 heavy (non-hydrogen) atoms. The first-order valence-corrected chi connectivity index (χ1v) is 15.4. The number of carbonyl (C=O) groups excluding carboxylic acids is 2. The molecule has 3 amide bonds. The minimum absolute atomic E-state index is 0.00444. The summed E-state index contributed by atoms with van der Waals surface area (Å²) < 4.78 is 34.6. The largest absolute Gasteiger partial charge is 0.497 e. The maximum atomic E-state index is 14.9. The predicted molar refractivity (Wildman–Crippen MR) is 166 cm³/mol. The van der Waals surface area contributed by atoms with E-state index in [2.05, 4.69) is 30.8 Å². The lowest BCUT2D eigenvalue weighted by Gasteiger charge is -2.26. The lowest BCUT2D eigenvalue weighted by Crippen LogP contribution is -2.34. The third-order valence-electron chi connectivity index (χ3n) is 6.87. The molecule has 3 heterocycles. The van der Waals surface area contributed by atoms with Gasteiger partial charge in [-0.05, 0) is 63.2 Å². The van der Waals surface area contributed by atoms with Crippen LogP contribution in [0.2, 0.25) is 0 Å². The summed E-state index contributed by atoms with van der Waals surface area (Å²) in [5, 5.41) is 10.4. The van der Waals surface area contributed by atoms with Crippen LogP contribution in [0.4, 0.5) is 30.2 Å². The first kappa shape index (κ1) is 30.3. The van der Waals surface area contributed by atoms with Gasteiger partial charge in [0.05, 0.1) is 18.5 Å². The van der Waals surface area contributed by atoms with Crippen LogP contribution in [0.1, 0.15) is 36.0 Å². The van der Waals surface area contributed by atoms with E-state index in [-0.39, 0.29) is 34.4 Å². The molecule has 4 aromatic rings. The summed E-state index contributed by atoms with van der Waals surface area (Å²) in [5.74, 6) is -1.73. The maximum Gasteiger partial charge on any atom is 0.321 e. The topological polar surface area (TPSA) is 134 Å². The molecule has 226 valence electrons. The van der Waals surface area contributed by atoms with E-state index in [1.165, 1.54) is 49.8 Å². The number of hydrogen-bond acceptors (Lipinski definition) is 9. The summed E-state index contributed by atoms with van der Waals surface area (Å²) in [7, 11) is 1.47. The molecule has 2 aromatic carbocycles. The molecule has 14 heteroatoms. The van der Waals surface area contributed by atoms with Gasteiger partial charge in [-0.3, -0.25) is 10.1 Å². The van der Waals surface area contributed by atoms with E-state index in [9.17, 15) is 18.4 Å². The fourth-order valence-corrected chi connectivity index (χ4v) is 6.47. The average molecular weight is 628 g/mol. The molecule has 0 radical (unpaired) electrons. The van der Waals surface area contributed by atoms with Crippen molar-refractivity contribution in [3.8, 4) is 26.9 Å². The SMILES string of the molecule is COc1cccc(C(=O)Nc2cc(-c3csc(-c4sc(NC(=O)NCCCN5CCCCC5)nc4N)n3)c(F)cc2F)c1. The van der Waals surface area contributed by atoms with E-state index in [1.807, 2.05) is 0 Å². The number of nitrogen functional groups attached to an aromatic ring is 1. The molecule has 1 saturated heterocycles. The second kappa shape index (κ2) is 13.9. The van der Waals surface area contributed by atoms with E-state index in [4.69, 9.17) is 10.5 Å². The second-order valence-corrected chi connectivity index (χ2v) is 11.8. The normalized spacial score (nSPS) is 13.5. The van der Waals surface area contributed by atoms with Crippen molar-refractivity contribution in [1.29, 1.82) is 0 Å². The molecule has 5 N–H and O–H groups in total. The van der Waals surface area contributed by atoms with Crippen molar-refractivity contribution in [2.24, 2.45) is 0 Å². The Labute approximate surface area is 255 Å². The number of benzene rings is 2. The quantitative estimate of drug-likeness (QED) is 0.157. The van der Waals surface area contributed by atoms with Gasteiger partial charge in [-0.15, -0.1) is 11.3 Å². The number of nitrogens with two attached hydrogens (primary N) is 1. The minimum Gasteiger partial charge on any atom is -0.497 e. The highest BCUT2D eigenvalue weighted by Crippen LogP contribution is 2.39. The number of aromatic nitrogens is 2. The fourth-order valence-electron chi connectivity index (χ4n) is 4.67. The molecule has 0 bridgehead atoms. The fraction of sp³-hybridized carbons (Fsp3) is 0.310. The molecule has 0 spiro atoms. The summed E-state index contributed by atoms with van der Waals surface area (Å²) in [4.78, 5) is 36.7. The number of methoxy groups -OCH3 is 1. The molecular formula is C29H31F2N7O3S2. The number of nitrogens with zero attached hydrogens (tertiary/aromatic N) is 3. The molecule has 5 rings (SSSR count). The smallest absolute Gasteiger partial charge is 0.321 e. The maximum absolute atomic E-state index is 14.9. The average Bonchev–Trinajstić information content (AvgIpc) is 3.63. The third-order valence-corrected chi connectivity index (χ3v) is 8.85. The van der Waals surface area contributed by atoms with Crippen LogP contribution in [-0.2, 0) is 0 Å². The Hall–Kier alpha value is -4.14. The van der Waals surface area contributed by atoms with Crippen molar-refractivity contribution < 1.29 is 23.1 Å². The first-order valence-electron chi connectivity index (χ1n) is 13.7. The third kappa shape index (κ3) is 7.63. The zero-order valence-corrected chi connectivity index (χ0v) is 25.0. The van der Waals surface area contributed by atoms with Crippen molar-refractivity contribution in [3.63, 3.8) is 0 Å². The Morgan fingerprint density at radius 1 is 1.07 bits per heavy atom. The van der Waals surface area contributed by atoms with E-state index in [0.717, 1.165) is 37.4 Å². The molecule has 0 atom stereocenters. The van der Waals surface area contributed by atoms with Gasteiger partial charge < -0.3 is 26.0 Å². The van der Waals surface area contributed by atoms with Crippen molar-refractivity contribution in [1.82, 2.24) is 20.2 Å². The Balaban J connectivity index is 1.23. The number of ether oxygens (including phenoxy) is 1. The first-order chi connectivity index (χ1) is 20.8.